The summed E-state index contributed by atoms with van der Waals surface area (Å²) in [7, 11) is 6.11. The summed E-state index contributed by atoms with van der Waals surface area (Å²) >= 11 is 0. The molecule has 0 spiro atoms. The van der Waals surface area contributed by atoms with Gasteiger partial charge in [0, 0.05) is 143 Å². The van der Waals surface area contributed by atoms with Gasteiger partial charge in [0.15, 0.2) is 0 Å². The van der Waals surface area contributed by atoms with Crippen LogP contribution in [0, 0.1) is 0 Å². The number of benzene rings is 17. The molecular weight excluding hydrogens is 1520 g/mol. The van der Waals surface area contributed by atoms with Crippen LogP contribution in [0.3, 0.4) is 0 Å². The quantitative estimate of drug-likeness (QED) is 0.149. The number of imide groups is 4. The third kappa shape index (κ3) is 10.9. The van der Waals surface area contributed by atoms with Gasteiger partial charge in [0.2, 0.25) is 0 Å². The van der Waals surface area contributed by atoms with Crippen LogP contribution in [0.25, 0.3) is 181 Å². The molecule has 0 unspecified atom stereocenters. The predicted molar refractivity (Wildman–Crippen MR) is 479 cm³/mol. The Morgan fingerprint density at radius 3 is 0.984 bits per heavy atom. The van der Waals surface area contributed by atoms with Gasteiger partial charge in [-0.25, -0.2) is 0 Å². The maximum absolute atomic E-state index is 12.8. The molecule has 580 valence electrons. The van der Waals surface area contributed by atoms with Crippen molar-refractivity contribution in [2.75, 3.05) is 28.2 Å². The maximum Gasteiger partial charge on any atom is 0.261 e. The van der Waals surface area contributed by atoms with E-state index in [0.29, 0.717) is 44.5 Å². The molecule has 16 nitrogen and oxygen atoms in total. The number of para-hydroxylation sites is 5. The summed E-state index contributed by atoms with van der Waals surface area (Å²) < 4.78 is 20.3. The minimum Gasteiger partial charge on any atom is -0.456 e. The first kappa shape index (κ1) is 72.0. The summed E-state index contributed by atoms with van der Waals surface area (Å²) in [6.07, 6.45) is 0. The van der Waals surface area contributed by atoms with Crippen molar-refractivity contribution in [2.24, 2.45) is 0 Å². The zero-order valence-electron chi connectivity index (χ0n) is 65.8. The Morgan fingerprint density at radius 2 is 0.484 bits per heavy atom. The first-order chi connectivity index (χ1) is 59.5. The van der Waals surface area contributed by atoms with Crippen LogP contribution < -0.4 is 0 Å². The molecule has 0 saturated carbocycles. The number of carbonyl (C=O) groups excluding carboxylic acids is 8. The Labute approximate surface area is 694 Å². The van der Waals surface area contributed by atoms with E-state index in [-0.39, 0.29) is 47.3 Å². The second kappa shape index (κ2) is 27.6. The predicted octanol–water partition coefficient (Wildman–Crippen LogP) is 23.7. The molecule has 8 heterocycles. The van der Waals surface area contributed by atoms with E-state index in [4.69, 9.17) is 13.3 Å². The fourth-order valence-corrected chi connectivity index (χ4v) is 18.6. The van der Waals surface area contributed by atoms with E-state index in [2.05, 4.69) is 114 Å². The van der Waals surface area contributed by atoms with E-state index in [0.717, 1.165) is 176 Å². The molecular formula is C106H65N5O11. The van der Waals surface area contributed by atoms with Crippen molar-refractivity contribution < 1.29 is 51.6 Å². The lowest BCUT2D eigenvalue weighted by molar-refractivity contribution is 0.0635. The number of fused-ring (bicyclic) bond motifs is 12. The third-order valence-corrected chi connectivity index (χ3v) is 24.5. The van der Waals surface area contributed by atoms with Gasteiger partial charge in [-0.3, -0.25) is 58.0 Å². The third-order valence-electron chi connectivity index (χ3n) is 24.5. The highest BCUT2D eigenvalue weighted by atomic mass is 16.3. The Balaban J connectivity index is 0.0000000975. The molecule has 0 saturated heterocycles. The maximum atomic E-state index is 12.8. The van der Waals surface area contributed by atoms with Gasteiger partial charge in [0.05, 0.1) is 11.0 Å². The van der Waals surface area contributed by atoms with Crippen molar-refractivity contribution in [1.82, 2.24) is 24.2 Å². The monoisotopic (exact) mass is 1580 g/mol. The van der Waals surface area contributed by atoms with E-state index in [1.165, 1.54) is 53.2 Å². The molecule has 17 aromatic carbocycles. The van der Waals surface area contributed by atoms with E-state index in [1.807, 2.05) is 188 Å². The van der Waals surface area contributed by atoms with Crippen molar-refractivity contribution in [3.8, 4) is 50.2 Å². The summed E-state index contributed by atoms with van der Waals surface area (Å²) in [5.74, 6) is -2.10. The van der Waals surface area contributed by atoms with Gasteiger partial charge in [0.1, 0.15) is 33.5 Å². The number of amides is 8. The lowest BCUT2D eigenvalue weighted by Crippen LogP contribution is -2.36. The Kier molecular flexibility index (Phi) is 16.3. The molecule has 16 heteroatoms. The summed E-state index contributed by atoms with van der Waals surface area (Å²) in [6, 6.07) is 105. The van der Waals surface area contributed by atoms with Gasteiger partial charge in [-0.15, -0.1) is 0 Å². The van der Waals surface area contributed by atoms with Crippen LogP contribution in [0.2, 0.25) is 0 Å². The van der Waals surface area contributed by atoms with Gasteiger partial charge in [-0.2, -0.15) is 0 Å². The lowest BCUT2D eigenvalue weighted by atomic mass is 9.88. The van der Waals surface area contributed by atoms with Crippen molar-refractivity contribution in [1.29, 1.82) is 0 Å². The molecule has 4 aliphatic heterocycles. The summed E-state index contributed by atoms with van der Waals surface area (Å²) in [6.45, 7) is 0. The molecule has 8 amide bonds. The van der Waals surface area contributed by atoms with Gasteiger partial charge in [0.25, 0.3) is 47.3 Å². The summed E-state index contributed by atoms with van der Waals surface area (Å²) in [5, 5.41) is 15.2. The molecule has 4 aliphatic rings. The van der Waals surface area contributed by atoms with Crippen LogP contribution in [0.5, 0.6) is 0 Å². The number of hydrogen-bond donors (Lipinski definition) is 0. The van der Waals surface area contributed by atoms with Crippen molar-refractivity contribution in [2.45, 2.75) is 0 Å². The molecule has 4 aromatic heterocycles. The van der Waals surface area contributed by atoms with Crippen LogP contribution >= 0.6 is 0 Å². The Morgan fingerprint density at radius 1 is 0.180 bits per heavy atom. The average Bonchev–Trinajstić information content (AvgIpc) is 1.36. The first-order valence-electron chi connectivity index (χ1n) is 39.9. The van der Waals surface area contributed by atoms with Gasteiger partial charge >= 0.3 is 0 Å². The van der Waals surface area contributed by atoms with Gasteiger partial charge in [-0.05, 0) is 193 Å². The van der Waals surface area contributed by atoms with E-state index < -0.39 is 0 Å². The molecule has 122 heavy (non-hydrogen) atoms. The van der Waals surface area contributed by atoms with E-state index in [1.54, 1.807) is 24.3 Å². The molecule has 0 radical (unpaired) electrons. The first-order valence-corrected chi connectivity index (χ1v) is 39.9. The number of carbonyl (C=O) groups is 8. The molecule has 25 rings (SSSR count). The number of furan rings is 3. The van der Waals surface area contributed by atoms with E-state index >= 15 is 0 Å². The van der Waals surface area contributed by atoms with Gasteiger partial charge < -0.3 is 17.8 Å². The highest BCUT2D eigenvalue weighted by molar-refractivity contribution is 6.31. The number of hydrogen-bond acceptors (Lipinski definition) is 11. The van der Waals surface area contributed by atoms with Crippen LogP contribution in [0.4, 0.5) is 0 Å². The Hall–Kier alpha value is -16.5. The minimum atomic E-state index is -0.266. The zero-order valence-corrected chi connectivity index (χ0v) is 65.8. The number of rotatable bonds is 5. The van der Waals surface area contributed by atoms with Crippen molar-refractivity contribution in [3.63, 3.8) is 0 Å². The van der Waals surface area contributed by atoms with E-state index in [9.17, 15) is 38.4 Å². The molecule has 0 N–H and O–H groups in total. The fourth-order valence-electron chi connectivity index (χ4n) is 18.6. The van der Waals surface area contributed by atoms with Crippen LogP contribution in [0.1, 0.15) is 82.9 Å². The highest BCUT2D eigenvalue weighted by Gasteiger charge is 2.36. The second-order valence-electron chi connectivity index (χ2n) is 31.0. The Bertz CT molecular complexity index is 8210. The number of aromatic nitrogens is 1. The fraction of sp³-hybridized carbons (Fsp3) is 0.0377. The largest absolute Gasteiger partial charge is 0.456 e. The molecule has 0 bridgehead atoms. The topological polar surface area (TPSA) is 194 Å². The molecule has 0 fully saturated rings. The average molecular weight is 1580 g/mol. The second-order valence-corrected chi connectivity index (χ2v) is 31.0. The number of nitrogens with zero attached hydrogens (tertiary/aromatic N) is 5. The van der Waals surface area contributed by atoms with Crippen molar-refractivity contribution >= 4 is 178 Å². The minimum absolute atomic E-state index is 0.258. The van der Waals surface area contributed by atoms with Crippen LogP contribution in [-0.2, 0) is 0 Å². The SMILES string of the molecule is CN1C(=O)c2cccc3c(-c4ccc5c(c4)c4ccccc4n5-c4ccccc4)ccc(c23)C1=O.CN1C(=O)c2cccc3c(-c4ccc5c(c4)oc4ccccc45)ccc(c23)C1=O.CN1C(=O)c2cccc3c(-c4ccc5oc6ccccc6c5c4)ccc(c23)C1=O.CN1C(=O)c2cccc3c(-c4cccc5oc6ccccc6c45)ccc(c23)C1=O. The molecule has 21 aromatic rings. The zero-order chi connectivity index (χ0) is 82.8. The highest BCUT2D eigenvalue weighted by Crippen LogP contribution is 2.46. The normalized spacial score (nSPS) is 13.6. The lowest BCUT2D eigenvalue weighted by Gasteiger charge is -2.24. The van der Waals surface area contributed by atoms with Crippen LogP contribution in [0.15, 0.2) is 335 Å². The smallest absolute Gasteiger partial charge is 0.261 e. The van der Waals surface area contributed by atoms with Gasteiger partial charge in [-0.1, -0.05) is 194 Å². The molecule has 0 aliphatic carbocycles. The summed E-state index contributed by atoms with van der Waals surface area (Å²) in [5.41, 5.74) is 21.0. The summed E-state index contributed by atoms with van der Waals surface area (Å²) in [4.78, 5) is 106. The van der Waals surface area contributed by atoms with Crippen LogP contribution in [-0.4, -0.2) is 99.6 Å². The molecule has 0 atom stereocenters. The standard InChI is InChI=1S/C31H20N2O2.3C25H15NO3/c1-32-30(34)24-12-7-11-23-21(15-16-25(29(23)24)31(32)35)19-14-17-28-26(18-19)22-10-5-6-13-27(22)33(28)20-8-3-2-4-9-20;1-26-24(27)18-9-4-7-15-14(12-13-19(22(15)18)25(26)28)16-8-5-11-21-23(16)17-6-2-3-10-20(17)29-21;1-26-24(27)18-7-4-6-17-15(10-11-19(23(17)18)25(26)28)14-9-12-22-20(13-14)16-5-2-3-8-21(16)29-22;1-26-24(27)19-7-4-6-18-15(11-12-20(23(18)19)25(26)28)14-9-10-17-16-5-2-3-8-21(16)29-22(17)13-14/h2-18H,1H3;3*2-13H,1H3. The van der Waals surface area contributed by atoms with Crippen molar-refractivity contribution in [3.05, 3.63) is 366 Å².